The van der Waals surface area contributed by atoms with Gasteiger partial charge in [-0.3, -0.25) is 10.4 Å². The topological polar surface area (TPSA) is 480 Å². The van der Waals surface area contributed by atoms with E-state index in [0.29, 0.717) is 0 Å². The first-order valence-corrected chi connectivity index (χ1v) is 37.6. The first kappa shape index (κ1) is 86.1. The highest BCUT2D eigenvalue weighted by Crippen LogP contribution is 2.53. The van der Waals surface area contributed by atoms with Crippen molar-refractivity contribution < 1.29 is 184 Å². The second-order valence-electron chi connectivity index (χ2n) is 30.0. The summed E-state index contributed by atoms with van der Waals surface area (Å²) in [4.78, 5) is 27.7. The van der Waals surface area contributed by atoms with Crippen molar-refractivity contribution in [2.24, 2.45) is 0 Å². The Hall–Kier alpha value is -3.79. The minimum Gasteiger partial charge on any atom is -0.506 e. The molecule has 42 heteroatoms. The highest BCUT2D eigenvalue weighted by Gasteiger charge is 2.70. The summed E-state index contributed by atoms with van der Waals surface area (Å²) in [5.74, 6) is -7.96. The highest BCUT2D eigenvalue weighted by molar-refractivity contribution is 6.39. The minimum atomic E-state index is -2.06. The molecule has 39 nitrogen and oxygen atoms in total. The van der Waals surface area contributed by atoms with Crippen molar-refractivity contribution in [3.05, 3.63) is 43.4 Å². The molecule has 0 bridgehead atoms. The number of rotatable bonds is 21. The highest BCUT2D eigenvalue weighted by atomic mass is 35.5. The first-order chi connectivity index (χ1) is 53.0. The molecular formula is C70H98Cl3NO38. The average molecular weight is 1670 g/mol. The molecule has 35 atom stereocenters. The van der Waals surface area contributed by atoms with Crippen molar-refractivity contribution in [3.63, 3.8) is 0 Å². The van der Waals surface area contributed by atoms with Crippen LogP contribution in [0, 0.1) is 13.8 Å². The number of carbonyl (C=O) groups is 2. The summed E-state index contributed by atoms with van der Waals surface area (Å²) < 4.78 is 160. The number of benzene rings is 2. The zero-order valence-corrected chi connectivity index (χ0v) is 65.7. The second-order valence-corrected chi connectivity index (χ2v) is 31.1. The van der Waals surface area contributed by atoms with E-state index >= 15 is 0 Å². The van der Waals surface area contributed by atoms with Crippen molar-refractivity contribution >= 4 is 46.7 Å². The lowest BCUT2D eigenvalue weighted by Crippen LogP contribution is -2.68. The van der Waals surface area contributed by atoms with Gasteiger partial charge in [0.15, 0.2) is 73.3 Å². The maximum atomic E-state index is 14.3. The SMILES string of the molecule is COCC1OC(OC2OCC3OC4(OCC(OC(=O)c5c(C)cc(O)c(Cl)c5O)C5OCOC54)OC3C2O)C(OC)C(O)C1OC1OC(C)C(OC)C(OC2OC(C)C3OC4(CC(O)C(OC5CC(OC6CC(C)(N(O)O)C(OC)C(C)O6)C(OC(=O)c6c(C)c(Cl)c(O)c(Cl)c6OC)C(C)O5)C(C)O4)OC3(C)C2O)C1O. The number of carbonyl (C=O) groups excluding carboxylic acids is 2. The number of aliphatic hydroxyl groups is 5. The van der Waals surface area contributed by atoms with Crippen LogP contribution in [0.15, 0.2) is 6.07 Å². The molecule has 10 N–H and O–H groups in total. The second kappa shape index (κ2) is 33.8. The van der Waals surface area contributed by atoms with Crippen LogP contribution in [-0.4, -0.2) is 344 Å². The van der Waals surface area contributed by atoms with Gasteiger partial charge in [0.1, 0.15) is 143 Å². The van der Waals surface area contributed by atoms with Gasteiger partial charge in [-0.2, -0.15) is 0 Å². The van der Waals surface area contributed by atoms with Gasteiger partial charge in [-0.1, -0.05) is 40.0 Å². The smallest absolute Gasteiger partial charge is 0.342 e. The number of hydrogen-bond acceptors (Lipinski definition) is 39. The Morgan fingerprint density at radius 1 is 0.580 bits per heavy atom. The predicted molar refractivity (Wildman–Crippen MR) is 366 cm³/mol. The van der Waals surface area contributed by atoms with E-state index in [-0.39, 0.29) is 82.7 Å². The van der Waals surface area contributed by atoms with Crippen molar-refractivity contribution in [1.82, 2.24) is 5.23 Å². The molecule has 112 heavy (non-hydrogen) atoms. The standard InChI is InChI=1S/C70H98Cl3NO38/c1-23-15-30(75)41(72)43(77)38(23)61(83)101-34-21-95-70(60-53(34)93-22-94-60)109-35-20-92-63(46(80)52(35)110-70)107-65-56(90-13)45(79)51(33(102-65)19-87-10)105-64-47(81)55(50(88-11)26(4)98-64)106-66-57(82)68(9)59(29(7)99-66)111-69(112-68)17-31(76)48(27(5)108-69)103-36-16-32(100-37-18-67(8,74(85)86)58(91-14)28(6)97-37)49(25(3)96-36)104-62(84)39-24(2)40(71)44(78)42(73)54(39)89-12/h15,25-29,31-37,45-53,55-60,63-66,75-82,85-86H,16-22H2,1-14H3. The van der Waals surface area contributed by atoms with Crippen LogP contribution < -0.4 is 4.74 Å². The normalized spacial score (nSPS) is 45.5. The van der Waals surface area contributed by atoms with Gasteiger partial charge in [-0.05, 0) is 79.5 Å². The van der Waals surface area contributed by atoms with E-state index in [1.54, 1.807) is 34.6 Å². The Balaban J connectivity index is 0.644. The number of ether oxygens (including phenoxy) is 26. The molecule has 11 heterocycles. The van der Waals surface area contributed by atoms with Gasteiger partial charge in [-0.15, -0.1) is 0 Å². The molecule has 11 aliphatic heterocycles. The summed E-state index contributed by atoms with van der Waals surface area (Å²) in [6.45, 7) is 12.8. The van der Waals surface area contributed by atoms with Crippen LogP contribution in [0.3, 0.4) is 0 Å². The van der Waals surface area contributed by atoms with Crippen LogP contribution >= 0.6 is 34.8 Å². The molecule has 0 amide bonds. The fourth-order valence-electron chi connectivity index (χ4n) is 17.0. The van der Waals surface area contributed by atoms with E-state index in [9.17, 15) is 60.9 Å². The Morgan fingerprint density at radius 3 is 1.95 bits per heavy atom. The summed E-state index contributed by atoms with van der Waals surface area (Å²) in [7, 11) is 6.59. The number of phenols is 3. The molecule has 2 aromatic carbocycles. The summed E-state index contributed by atoms with van der Waals surface area (Å²) in [5.41, 5.74) is -3.48. The lowest BCUT2D eigenvalue weighted by molar-refractivity contribution is -0.417. The molecule has 11 fully saturated rings. The van der Waals surface area contributed by atoms with Crippen LogP contribution in [-0.2, 0) is 118 Å². The molecule has 0 saturated carbocycles. The number of methoxy groups -OCH3 is 5. The average Bonchev–Trinajstić information content (AvgIpc) is 1.56. The van der Waals surface area contributed by atoms with E-state index in [4.69, 9.17) is 158 Å². The van der Waals surface area contributed by atoms with Gasteiger partial charge < -0.3 is 164 Å². The summed E-state index contributed by atoms with van der Waals surface area (Å²) >= 11 is 18.8. The van der Waals surface area contributed by atoms with Crippen molar-refractivity contribution in [2.75, 3.05) is 62.2 Å². The van der Waals surface area contributed by atoms with Crippen LogP contribution in [0.1, 0.15) is 99.6 Å². The zero-order chi connectivity index (χ0) is 81.0. The number of esters is 2. The largest absolute Gasteiger partial charge is 0.506 e. The number of nitrogens with zero attached hydrogens (tertiary/aromatic N) is 1. The molecule has 13 rings (SSSR count). The third-order valence-corrected chi connectivity index (χ3v) is 23.8. The maximum absolute atomic E-state index is 14.3. The number of fused-ring (bicyclic) bond motifs is 4. The maximum Gasteiger partial charge on any atom is 0.342 e. The van der Waals surface area contributed by atoms with Crippen molar-refractivity contribution in [1.29, 1.82) is 0 Å². The lowest BCUT2D eigenvalue weighted by atomic mass is 9.85. The minimum absolute atomic E-state index is 0.0305. The predicted octanol–water partition coefficient (Wildman–Crippen LogP) is 1.72. The van der Waals surface area contributed by atoms with Crippen molar-refractivity contribution in [3.8, 4) is 23.0 Å². The van der Waals surface area contributed by atoms with E-state index in [1.807, 2.05) is 0 Å². The number of hydrogen-bond donors (Lipinski definition) is 10. The Bertz CT molecular complexity index is 3660. The number of phenolic OH excluding ortho intramolecular Hbond substituents is 3. The monoisotopic (exact) mass is 1670 g/mol. The molecule has 632 valence electrons. The molecule has 0 aliphatic carbocycles. The quantitative estimate of drug-likeness (QED) is 0.0628. The zero-order valence-electron chi connectivity index (χ0n) is 63.4. The number of aromatic hydroxyl groups is 3. The molecule has 11 saturated heterocycles. The van der Waals surface area contributed by atoms with Gasteiger partial charge in [-0.25, -0.2) is 9.59 Å². The van der Waals surface area contributed by atoms with Crippen LogP contribution in [0.5, 0.6) is 23.0 Å². The molecule has 2 aromatic rings. The third-order valence-electron chi connectivity index (χ3n) is 22.6. The molecule has 0 radical (unpaired) electrons. The fourth-order valence-corrected chi connectivity index (χ4v) is 17.7. The molecule has 35 unspecified atom stereocenters. The Kier molecular flexibility index (Phi) is 26.0. The molecule has 2 spiro atoms. The van der Waals surface area contributed by atoms with E-state index < -0.39 is 254 Å². The van der Waals surface area contributed by atoms with Crippen LogP contribution in [0.25, 0.3) is 0 Å². The molecule has 11 aliphatic rings. The van der Waals surface area contributed by atoms with E-state index in [0.717, 1.165) is 0 Å². The summed E-state index contributed by atoms with van der Waals surface area (Å²) in [6, 6.07) is 1.19. The van der Waals surface area contributed by atoms with Gasteiger partial charge in [0.2, 0.25) is 0 Å². The van der Waals surface area contributed by atoms with E-state index in [2.05, 4.69) is 0 Å². The number of hydroxylamine groups is 2. The van der Waals surface area contributed by atoms with Gasteiger partial charge in [0.25, 0.3) is 5.97 Å². The Morgan fingerprint density at radius 2 is 1.27 bits per heavy atom. The third kappa shape index (κ3) is 15.6. The van der Waals surface area contributed by atoms with Crippen LogP contribution in [0.4, 0.5) is 0 Å². The lowest BCUT2D eigenvalue weighted by Gasteiger charge is -2.50. The number of aliphatic hydroxyl groups excluding tert-OH is 5. The Labute approximate surface area is 656 Å². The summed E-state index contributed by atoms with van der Waals surface area (Å²) in [5, 5.41) is 112. The first-order valence-electron chi connectivity index (χ1n) is 36.5. The van der Waals surface area contributed by atoms with Crippen molar-refractivity contribution in [2.45, 2.75) is 295 Å². The molecular weight excluding hydrogens is 1570 g/mol. The molecule has 0 aromatic heterocycles. The fraction of sp³-hybridized carbons (Fsp3) is 0.800. The van der Waals surface area contributed by atoms with Gasteiger partial charge in [0, 0.05) is 41.3 Å². The van der Waals surface area contributed by atoms with Gasteiger partial charge >= 0.3 is 17.9 Å². The summed E-state index contributed by atoms with van der Waals surface area (Å²) in [6.07, 6.45) is -40.5. The van der Waals surface area contributed by atoms with Gasteiger partial charge in [0.05, 0.1) is 75.0 Å². The number of halogens is 3. The van der Waals surface area contributed by atoms with Crippen LogP contribution in [0.2, 0.25) is 15.1 Å². The number of aryl methyl sites for hydroxylation is 1. The van der Waals surface area contributed by atoms with E-state index in [1.165, 1.54) is 69.3 Å².